The number of benzene rings is 1. The number of pyridine rings is 1. The average Bonchev–Trinajstić information content (AvgIpc) is 3.11. The quantitative estimate of drug-likeness (QED) is 0.670. The van der Waals surface area contributed by atoms with Crippen LogP contribution in [0.1, 0.15) is 0 Å². The van der Waals surface area contributed by atoms with Crippen molar-refractivity contribution >= 4 is 34.2 Å². The Kier molecular flexibility index (Phi) is 5.04. The molecule has 0 saturated carbocycles. The first-order valence-electron chi connectivity index (χ1n) is 8.89. The summed E-state index contributed by atoms with van der Waals surface area (Å²) in [7, 11) is 1.49. The van der Waals surface area contributed by atoms with E-state index in [0.717, 1.165) is 5.39 Å². The normalized spacial score (nSPS) is 14.5. The fourth-order valence-corrected chi connectivity index (χ4v) is 3.60. The number of methoxy groups -OCH3 is 1. The topological polar surface area (TPSA) is 63.5 Å². The second kappa shape index (κ2) is 7.63. The van der Waals surface area contributed by atoms with Crippen LogP contribution in [0.15, 0.2) is 36.7 Å². The molecule has 9 heteroatoms. The number of hydrogen-bond acceptors (Lipinski definition) is 5. The molecule has 0 atom stereocenters. The molecule has 1 fully saturated rings. The zero-order chi connectivity index (χ0) is 19.7. The minimum atomic E-state index is -0.403. The van der Waals surface area contributed by atoms with E-state index in [-0.39, 0.29) is 17.5 Å². The van der Waals surface area contributed by atoms with Crippen LogP contribution in [0.25, 0.3) is 11.0 Å². The smallest absolute Gasteiger partial charge is 0.244 e. The molecular formula is C19H19ClFN5O2. The predicted octanol–water partition coefficient (Wildman–Crippen LogP) is 2.58. The zero-order valence-electron chi connectivity index (χ0n) is 15.3. The molecule has 4 rings (SSSR count). The van der Waals surface area contributed by atoms with Gasteiger partial charge in [-0.2, -0.15) is 5.10 Å². The zero-order valence-corrected chi connectivity index (χ0v) is 16.1. The summed E-state index contributed by atoms with van der Waals surface area (Å²) < 4.78 is 21.1. The number of carbonyl (C=O) groups excluding carboxylic acids is 1. The van der Waals surface area contributed by atoms with Crippen molar-refractivity contribution in [3.05, 3.63) is 47.5 Å². The Labute approximate surface area is 166 Å². The molecule has 1 aromatic carbocycles. The fourth-order valence-electron chi connectivity index (χ4n) is 3.37. The standard InChI is InChI=1S/C19H19ClFN5O2/c1-28-17-10-16(15(21)9-14(17)20)24-5-7-25(8-6-24)18(27)12-26-19-13(11-23-26)3-2-4-22-19/h2-4,9-11H,5-8,12H2,1H3. The lowest BCUT2D eigenvalue weighted by atomic mass is 10.2. The molecule has 0 N–H and O–H groups in total. The molecule has 0 spiro atoms. The Morgan fingerprint density at radius 3 is 2.82 bits per heavy atom. The van der Waals surface area contributed by atoms with Crippen molar-refractivity contribution < 1.29 is 13.9 Å². The van der Waals surface area contributed by atoms with E-state index >= 15 is 0 Å². The van der Waals surface area contributed by atoms with Crippen LogP contribution in [0.3, 0.4) is 0 Å². The maximum absolute atomic E-state index is 14.3. The van der Waals surface area contributed by atoms with Crippen molar-refractivity contribution in [2.24, 2.45) is 0 Å². The number of amides is 1. The number of halogens is 2. The van der Waals surface area contributed by atoms with E-state index in [9.17, 15) is 9.18 Å². The summed E-state index contributed by atoms with van der Waals surface area (Å²) in [4.78, 5) is 20.6. The second-order valence-electron chi connectivity index (χ2n) is 6.52. The third-order valence-corrected chi connectivity index (χ3v) is 5.17. The maximum atomic E-state index is 14.3. The van der Waals surface area contributed by atoms with Gasteiger partial charge in [-0.25, -0.2) is 14.1 Å². The maximum Gasteiger partial charge on any atom is 0.244 e. The second-order valence-corrected chi connectivity index (χ2v) is 6.93. The highest BCUT2D eigenvalue weighted by Gasteiger charge is 2.24. The molecule has 0 unspecified atom stereocenters. The summed E-state index contributed by atoms with van der Waals surface area (Å²) in [5, 5.41) is 5.38. The van der Waals surface area contributed by atoms with Crippen LogP contribution in [-0.2, 0) is 11.3 Å². The lowest BCUT2D eigenvalue weighted by Crippen LogP contribution is -2.49. The van der Waals surface area contributed by atoms with Crippen LogP contribution < -0.4 is 9.64 Å². The van der Waals surface area contributed by atoms with E-state index in [0.29, 0.717) is 43.3 Å². The van der Waals surface area contributed by atoms with Crippen molar-refractivity contribution in [1.29, 1.82) is 0 Å². The minimum absolute atomic E-state index is 0.0375. The van der Waals surface area contributed by atoms with Gasteiger partial charge in [0, 0.05) is 43.8 Å². The van der Waals surface area contributed by atoms with Gasteiger partial charge >= 0.3 is 0 Å². The highest BCUT2D eigenvalue weighted by Crippen LogP contribution is 2.32. The molecule has 1 aliphatic rings. The summed E-state index contributed by atoms with van der Waals surface area (Å²) in [6.07, 6.45) is 3.38. The monoisotopic (exact) mass is 403 g/mol. The first kappa shape index (κ1) is 18.5. The summed E-state index contributed by atoms with van der Waals surface area (Å²) in [6.45, 7) is 2.16. The summed E-state index contributed by atoms with van der Waals surface area (Å²) in [6, 6.07) is 6.59. The molecule has 3 heterocycles. The molecule has 0 bridgehead atoms. The number of hydrogen-bond donors (Lipinski definition) is 0. The van der Waals surface area contributed by atoms with Gasteiger partial charge < -0.3 is 14.5 Å². The molecular weight excluding hydrogens is 385 g/mol. The van der Waals surface area contributed by atoms with Crippen LogP contribution in [-0.4, -0.2) is 58.9 Å². The van der Waals surface area contributed by atoms with Crippen molar-refractivity contribution in [3.8, 4) is 5.75 Å². The van der Waals surface area contributed by atoms with E-state index in [1.165, 1.54) is 13.2 Å². The van der Waals surface area contributed by atoms with Gasteiger partial charge in [-0.05, 0) is 18.2 Å². The molecule has 7 nitrogen and oxygen atoms in total. The highest BCUT2D eigenvalue weighted by atomic mass is 35.5. The molecule has 0 aliphatic carbocycles. The SMILES string of the molecule is COc1cc(N2CCN(C(=O)Cn3ncc4cccnc43)CC2)c(F)cc1Cl. The van der Waals surface area contributed by atoms with Crippen LogP contribution in [0.2, 0.25) is 5.02 Å². The lowest BCUT2D eigenvalue weighted by Gasteiger charge is -2.36. The number of ether oxygens (including phenoxy) is 1. The van der Waals surface area contributed by atoms with E-state index in [1.807, 2.05) is 17.0 Å². The van der Waals surface area contributed by atoms with Crippen LogP contribution in [0.5, 0.6) is 5.75 Å². The first-order chi connectivity index (χ1) is 13.6. The molecule has 1 amide bonds. The number of nitrogens with zero attached hydrogens (tertiary/aromatic N) is 5. The van der Waals surface area contributed by atoms with Crippen LogP contribution >= 0.6 is 11.6 Å². The third-order valence-electron chi connectivity index (χ3n) is 4.88. The Bertz CT molecular complexity index is 1020. The van der Waals surface area contributed by atoms with Gasteiger partial charge in [0.2, 0.25) is 5.91 Å². The number of piperazine rings is 1. The van der Waals surface area contributed by atoms with Gasteiger partial charge in [-0.3, -0.25) is 4.79 Å². The number of aromatic nitrogens is 3. The van der Waals surface area contributed by atoms with Crippen molar-refractivity contribution in [2.75, 3.05) is 38.2 Å². The van der Waals surface area contributed by atoms with Crippen LogP contribution in [0.4, 0.5) is 10.1 Å². The number of fused-ring (bicyclic) bond motifs is 1. The molecule has 3 aromatic rings. The van der Waals surface area contributed by atoms with E-state index in [4.69, 9.17) is 16.3 Å². The third kappa shape index (κ3) is 3.47. The average molecular weight is 404 g/mol. The highest BCUT2D eigenvalue weighted by molar-refractivity contribution is 6.32. The lowest BCUT2D eigenvalue weighted by molar-refractivity contribution is -0.132. The van der Waals surface area contributed by atoms with Gasteiger partial charge in [0.15, 0.2) is 5.65 Å². The van der Waals surface area contributed by atoms with Crippen molar-refractivity contribution in [2.45, 2.75) is 6.54 Å². The van der Waals surface area contributed by atoms with E-state index < -0.39 is 5.82 Å². The molecule has 2 aromatic heterocycles. The molecule has 0 radical (unpaired) electrons. The van der Waals surface area contributed by atoms with Gasteiger partial charge in [-0.1, -0.05) is 11.6 Å². The molecule has 1 aliphatic heterocycles. The van der Waals surface area contributed by atoms with Gasteiger partial charge in [0.25, 0.3) is 0 Å². The van der Waals surface area contributed by atoms with Crippen LogP contribution in [0, 0.1) is 5.82 Å². The fraction of sp³-hybridized carbons (Fsp3) is 0.316. The Morgan fingerprint density at radius 1 is 1.29 bits per heavy atom. The van der Waals surface area contributed by atoms with E-state index in [1.54, 1.807) is 28.0 Å². The Morgan fingerprint density at radius 2 is 2.07 bits per heavy atom. The summed E-state index contributed by atoms with van der Waals surface area (Å²) >= 11 is 5.96. The largest absolute Gasteiger partial charge is 0.495 e. The number of rotatable bonds is 4. The van der Waals surface area contributed by atoms with Crippen molar-refractivity contribution in [3.63, 3.8) is 0 Å². The Balaban J connectivity index is 1.42. The van der Waals surface area contributed by atoms with Crippen molar-refractivity contribution in [1.82, 2.24) is 19.7 Å². The number of carbonyl (C=O) groups is 1. The molecule has 28 heavy (non-hydrogen) atoms. The first-order valence-corrected chi connectivity index (χ1v) is 9.27. The molecule has 1 saturated heterocycles. The predicted molar refractivity (Wildman–Crippen MR) is 104 cm³/mol. The molecule has 146 valence electrons. The van der Waals surface area contributed by atoms with Gasteiger partial charge in [-0.15, -0.1) is 0 Å². The summed E-state index contributed by atoms with van der Waals surface area (Å²) in [5.74, 6) is -0.0150. The van der Waals surface area contributed by atoms with Gasteiger partial charge in [0.1, 0.15) is 18.1 Å². The minimum Gasteiger partial charge on any atom is -0.495 e. The summed E-state index contributed by atoms with van der Waals surface area (Å²) in [5.41, 5.74) is 1.11. The number of anilines is 1. The Hall–Kier alpha value is -2.87. The van der Waals surface area contributed by atoms with Gasteiger partial charge in [0.05, 0.1) is 24.0 Å². The van der Waals surface area contributed by atoms with E-state index in [2.05, 4.69) is 10.1 Å².